The summed E-state index contributed by atoms with van der Waals surface area (Å²) in [6.07, 6.45) is 4.76. The topological polar surface area (TPSA) is 63.7 Å². The molecule has 1 rings (SSSR count). The molecule has 0 aromatic heterocycles. The van der Waals surface area contributed by atoms with E-state index in [1.54, 1.807) is 6.08 Å². The van der Waals surface area contributed by atoms with Gasteiger partial charge in [-0.3, -0.25) is 0 Å². The Morgan fingerprint density at radius 2 is 2.25 bits per heavy atom. The summed E-state index contributed by atoms with van der Waals surface area (Å²) < 4.78 is 13.5. The maximum absolute atomic E-state index is 12.2. The third-order valence-corrected chi connectivity index (χ3v) is 4.26. The van der Waals surface area contributed by atoms with Gasteiger partial charge in [-0.05, 0) is 0 Å². The van der Waals surface area contributed by atoms with Gasteiger partial charge in [0.25, 0.3) is 0 Å². The van der Waals surface area contributed by atoms with E-state index in [0.29, 0.717) is 19.4 Å². The van der Waals surface area contributed by atoms with Gasteiger partial charge < -0.3 is 0 Å². The summed E-state index contributed by atoms with van der Waals surface area (Å²) in [5.74, 6) is -1.79. The van der Waals surface area contributed by atoms with E-state index in [9.17, 15) is 14.4 Å². The number of Topliss-reactive ketones (excluding diaryl/α,β-unsaturated/α-hetero) is 1. The van der Waals surface area contributed by atoms with Crippen molar-refractivity contribution in [3.8, 4) is 0 Å². The van der Waals surface area contributed by atoms with Crippen LogP contribution in [-0.4, -0.2) is 54.2 Å². The maximum atomic E-state index is 12.2. The van der Waals surface area contributed by atoms with Crippen LogP contribution in [0.4, 0.5) is 0 Å². The minimum atomic E-state index is -0.725. The van der Waals surface area contributed by atoms with Gasteiger partial charge in [0.15, 0.2) is 0 Å². The van der Waals surface area contributed by atoms with E-state index in [-0.39, 0.29) is 0 Å². The zero-order valence-corrected chi connectivity index (χ0v) is 14.4. The van der Waals surface area contributed by atoms with Gasteiger partial charge in [0, 0.05) is 0 Å². The summed E-state index contributed by atoms with van der Waals surface area (Å²) in [5, 5.41) is 0. The Kier molecular flexibility index (Phi) is 5.90. The van der Waals surface area contributed by atoms with Gasteiger partial charge in [-0.25, -0.2) is 0 Å². The van der Waals surface area contributed by atoms with Crippen molar-refractivity contribution in [2.45, 2.75) is 38.7 Å². The molecule has 107 valence electrons. The van der Waals surface area contributed by atoms with Crippen LogP contribution in [0.1, 0.15) is 26.7 Å². The third kappa shape index (κ3) is 4.24. The van der Waals surface area contributed by atoms with E-state index in [1.807, 2.05) is 13.0 Å². The van der Waals surface area contributed by atoms with E-state index in [4.69, 9.17) is 6.07 Å². The predicted octanol–water partition coefficient (Wildman–Crippen LogP) is -0.368. The Hall–Kier alpha value is -1.03. The molecule has 5 nitrogen and oxygen atoms in total. The van der Waals surface area contributed by atoms with Gasteiger partial charge >= 0.3 is 132 Å². The number of esters is 1. The van der Waals surface area contributed by atoms with Crippen molar-refractivity contribution in [2.75, 3.05) is 6.54 Å². The molecule has 0 aliphatic carbocycles. The molecular weight excluding hydrogens is 429 g/mol. The van der Waals surface area contributed by atoms with E-state index in [1.165, 1.54) is 11.8 Å². The van der Waals surface area contributed by atoms with Crippen LogP contribution in [0.3, 0.4) is 0 Å². The molecule has 1 fully saturated rings. The van der Waals surface area contributed by atoms with Crippen molar-refractivity contribution in [1.82, 2.24) is 4.90 Å². The van der Waals surface area contributed by atoms with Gasteiger partial charge in [0.1, 0.15) is 0 Å². The molecule has 1 aliphatic rings. The van der Waals surface area contributed by atoms with E-state index in [2.05, 4.69) is 0 Å². The number of ketones is 1. The predicted molar refractivity (Wildman–Crippen MR) is 72.3 cm³/mol. The van der Waals surface area contributed by atoms with Gasteiger partial charge in [-0.2, -0.15) is 0 Å². The quantitative estimate of drug-likeness (QED) is 0.317. The van der Waals surface area contributed by atoms with Crippen molar-refractivity contribution in [2.24, 2.45) is 0 Å². The van der Waals surface area contributed by atoms with Gasteiger partial charge in [0.05, 0.1) is 0 Å². The summed E-state index contributed by atoms with van der Waals surface area (Å²) in [5.41, 5.74) is 0. The molecule has 1 radical (unpaired) electrons. The first-order chi connectivity index (χ1) is 9.92. The zero-order valence-electron chi connectivity index (χ0n) is 12.5. The Morgan fingerprint density at radius 1 is 1.55 bits per heavy atom. The Bertz CT molecular complexity index is 483. The molecule has 7 heteroatoms. The van der Waals surface area contributed by atoms with Crippen LogP contribution in [0.5, 0.6) is 0 Å². The second kappa shape index (κ2) is 7.68. The summed E-state index contributed by atoms with van der Waals surface area (Å²) in [4.78, 5) is 36.4. The minimum absolute atomic E-state index is 0.385. The first kappa shape index (κ1) is 15.4. The number of hydrogen-bond acceptors (Lipinski definition) is 4. The number of rotatable bonds is 6. The summed E-state index contributed by atoms with van der Waals surface area (Å²) in [6, 6.07) is -1.43. The molecule has 0 spiro atoms. The molecular formula is C13H17BNO4W. The van der Waals surface area contributed by atoms with Crippen LogP contribution in [0, 0.1) is 0 Å². The average molecular weight is 447 g/mol. The summed E-state index contributed by atoms with van der Waals surface area (Å²) in [6.45, 7) is 3.42. The number of carbonyl (C=O) groups excluding carboxylic acids is 3. The van der Waals surface area contributed by atoms with Crippen LogP contribution in [0.15, 0.2) is 12.2 Å². The van der Waals surface area contributed by atoms with Crippen molar-refractivity contribution >= 4 is 29.4 Å². The van der Waals surface area contributed by atoms with Gasteiger partial charge in [-0.15, -0.1) is 0 Å². The van der Waals surface area contributed by atoms with Crippen molar-refractivity contribution in [3.63, 3.8) is 0 Å². The number of allylic oxidation sites excluding steroid dienone is 1. The van der Waals surface area contributed by atoms with Crippen LogP contribution in [-0.2, 0) is 38.5 Å². The van der Waals surface area contributed by atoms with Crippen LogP contribution in [0.25, 0.3) is 0 Å². The molecule has 1 aliphatic heterocycles. The van der Waals surface area contributed by atoms with Crippen LogP contribution in [0.2, 0.25) is 0 Å². The number of amides is 1. The fourth-order valence-corrected chi connectivity index (χ4v) is 2.64. The van der Waals surface area contributed by atoms with Gasteiger partial charge in [0.2, 0.25) is 0 Å². The molecule has 2 atom stereocenters. The fourth-order valence-electron chi connectivity index (χ4n) is 1.98. The standard InChI is InChI=1S/C13H17BNO4.W/c1-3-4-7-11(14)19-13(18)10-6-5-8-15(10)12(17)9(2)16;/h3-4,10-11,14H,5-6,8H2,1-2H3;/i14D;. The second-order valence-corrected chi connectivity index (χ2v) is 6.17. The van der Waals surface area contributed by atoms with Crippen molar-refractivity contribution < 1.29 is 38.5 Å². The van der Waals surface area contributed by atoms with E-state index >= 15 is 0 Å². The molecule has 1 saturated heterocycles. The second-order valence-electron chi connectivity index (χ2n) is 4.47. The zero-order chi connectivity index (χ0) is 16.0. The molecule has 0 bridgehead atoms. The number of hydrogen-bond donors (Lipinski definition) is 0. The molecule has 20 heavy (non-hydrogen) atoms. The third-order valence-electron chi connectivity index (χ3n) is 2.94. The van der Waals surface area contributed by atoms with Gasteiger partial charge in [-0.1, -0.05) is 0 Å². The molecule has 1 heterocycles. The average Bonchev–Trinajstić information content (AvgIpc) is 2.92. The number of likely N-dealkylation sites (tertiary alicyclic amines) is 1. The molecule has 0 aromatic carbocycles. The summed E-state index contributed by atoms with van der Waals surface area (Å²) in [7, 11) is 1.06. The van der Waals surface area contributed by atoms with Crippen LogP contribution < -0.4 is 0 Å². The number of carbonyl (C=O) groups is 3. The SMILES string of the molecule is [2H][B]C(OC(=O)C1CCCN1C(=O)C(C)=O)[C](=[W])C=CC. The molecule has 0 aromatic rings. The molecule has 0 N–H and O–H groups in total. The Balaban J connectivity index is 2.75. The Labute approximate surface area is 131 Å². The monoisotopic (exact) mass is 447 g/mol. The summed E-state index contributed by atoms with van der Waals surface area (Å²) >= 11 is 1.10. The van der Waals surface area contributed by atoms with Crippen molar-refractivity contribution in [3.05, 3.63) is 12.2 Å². The fraction of sp³-hybridized carbons (Fsp3) is 0.538. The first-order valence-corrected chi connectivity index (χ1v) is 7.79. The normalized spacial score (nSPS) is 20.4. The number of ether oxygens (including phenoxy) is 1. The molecule has 2 unspecified atom stereocenters. The number of nitrogens with zero attached hydrogens (tertiary/aromatic N) is 1. The Morgan fingerprint density at radius 3 is 2.80 bits per heavy atom. The van der Waals surface area contributed by atoms with E-state index in [0.717, 1.165) is 31.1 Å². The van der Waals surface area contributed by atoms with Crippen LogP contribution >= 0.6 is 0 Å². The molecule has 1 amide bonds. The molecule has 0 saturated carbocycles. The van der Waals surface area contributed by atoms with Crippen molar-refractivity contribution in [1.29, 1.82) is 1.34 Å². The first-order valence-electron chi connectivity index (χ1n) is 6.90. The van der Waals surface area contributed by atoms with E-state index < -0.39 is 29.7 Å².